The van der Waals surface area contributed by atoms with Crippen molar-refractivity contribution in [3.8, 4) is 0 Å². The largest absolute Gasteiger partial charge is 0.497 e. The quantitative estimate of drug-likeness (QED) is 0.656. The van der Waals surface area contributed by atoms with Crippen LogP contribution in [0, 0.1) is 5.92 Å². The van der Waals surface area contributed by atoms with Crippen molar-refractivity contribution in [1.82, 2.24) is 14.5 Å². The summed E-state index contributed by atoms with van der Waals surface area (Å²) in [6, 6.07) is -1.44. The van der Waals surface area contributed by atoms with Gasteiger partial charge in [0.25, 0.3) is 5.56 Å². The Bertz CT molecular complexity index is 1060. The minimum absolute atomic E-state index is 0.0289. The van der Waals surface area contributed by atoms with Gasteiger partial charge in [0.2, 0.25) is 6.43 Å². The molecule has 1 aromatic rings. The molecule has 2 aliphatic carbocycles. The lowest BCUT2D eigenvalue weighted by Crippen LogP contribution is -2.61. The van der Waals surface area contributed by atoms with Gasteiger partial charge < -0.3 is 10.5 Å². The first-order valence-electron chi connectivity index (χ1n) is 10.3. The highest BCUT2D eigenvalue weighted by molar-refractivity contribution is 5.60. The second kappa shape index (κ2) is 7.88. The molecule has 3 N–H and O–H groups in total. The van der Waals surface area contributed by atoms with Gasteiger partial charge in [-0.05, 0) is 44.2 Å². The van der Waals surface area contributed by atoms with Gasteiger partial charge in [0, 0.05) is 25.0 Å². The van der Waals surface area contributed by atoms with Crippen molar-refractivity contribution in [2.24, 2.45) is 11.7 Å². The van der Waals surface area contributed by atoms with Gasteiger partial charge in [-0.3, -0.25) is 19.2 Å². The lowest BCUT2D eigenvalue weighted by molar-refractivity contribution is 0.116. The van der Waals surface area contributed by atoms with Crippen LogP contribution in [0.3, 0.4) is 0 Å². The smallest absolute Gasteiger partial charge is 0.329 e. The molecule has 0 bridgehead atoms. The molecule has 0 radical (unpaired) electrons. The van der Waals surface area contributed by atoms with Crippen LogP contribution in [0.5, 0.6) is 0 Å². The Morgan fingerprint density at radius 1 is 1.27 bits per heavy atom. The molecule has 166 valence electrons. The van der Waals surface area contributed by atoms with E-state index in [1.165, 1.54) is 7.11 Å². The van der Waals surface area contributed by atoms with Crippen LogP contribution in [0.2, 0.25) is 0 Å². The SMILES string of the molecule is COC1=c2c(=O)[nH]c(=O)n(C3CC3)c2=C(C)C(N2CCC(C(N)CC(F)F)C2)C1F. The highest BCUT2D eigenvalue weighted by atomic mass is 19.3. The number of halogens is 3. The molecule has 2 heterocycles. The van der Waals surface area contributed by atoms with Gasteiger partial charge in [0.1, 0.15) is 11.0 Å². The van der Waals surface area contributed by atoms with Crippen LogP contribution < -0.4 is 27.6 Å². The summed E-state index contributed by atoms with van der Waals surface area (Å²) >= 11 is 0. The van der Waals surface area contributed by atoms with Crippen molar-refractivity contribution >= 4 is 11.3 Å². The van der Waals surface area contributed by atoms with Gasteiger partial charge in [-0.15, -0.1) is 0 Å². The van der Waals surface area contributed by atoms with Crippen LogP contribution in [0.15, 0.2) is 9.59 Å². The van der Waals surface area contributed by atoms with E-state index in [9.17, 15) is 18.4 Å². The molecule has 7 nitrogen and oxygen atoms in total. The summed E-state index contributed by atoms with van der Waals surface area (Å²) in [6.45, 7) is 2.60. The summed E-state index contributed by atoms with van der Waals surface area (Å²) in [7, 11) is 1.31. The molecule has 1 aromatic heterocycles. The predicted molar refractivity (Wildman–Crippen MR) is 105 cm³/mol. The Morgan fingerprint density at radius 2 is 1.97 bits per heavy atom. The number of ether oxygens (including phenoxy) is 1. The van der Waals surface area contributed by atoms with Crippen molar-refractivity contribution in [2.45, 2.75) is 63.3 Å². The van der Waals surface area contributed by atoms with Crippen LogP contribution in [-0.4, -0.2) is 59.3 Å². The highest BCUT2D eigenvalue weighted by Crippen LogP contribution is 2.34. The fraction of sp³-hybridized carbons (Fsp3) is 0.700. The number of hydrogen-bond acceptors (Lipinski definition) is 5. The lowest BCUT2D eigenvalue weighted by atomic mass is 9.93. The molecular formula is C20H27F3N4O3. The third kappa shape index (κ3) is 3.49. The van der Waals surface area contributed by atoms with E-state index in [0.717, 1.165) is 12.8 Å². The zero-order valence-corrected chi connectivity index (χ0v) is 17.0. The number of hydrogen-bond donors (Lipinski definition) is 2. The number of alkyl halides is 3. The summed E-state index contributed by atoms with van der Waals surface area (Å²) < 4.78 is 48.0. The zero-order valence-electron chi connectivity index (χ0n) is 17.0. The maximum Gasteiger partial charge on any atom is 0.329 e. The summed E-state index contributed by atoms with van der Waals surface area (Å²) in [5.41, 5.74) is 5.36. The van der Waals surface area contributed by atoms with Crippen LogP contribution in [0.4, 0.5) is 13.2 Å². The summed E-state index contributed by atoms with van der Waals surface area (Å²) in [5, 5.41) is 0.484. The zero-order chi connectivity index (χ0) is 21.7. The van der Waals surface area contributed by atoms with Gasteiger partial charge in [-0.25, -0.2) is 18.0 Å². The number of nitrogens with one attached hydrogen (secondary N) is 1. The number of rotatable bonds is 6. The Labute approximate surface area is 171 Å². The fourth-order valence-electron chi connectivity index (χ4n) is 4.98. The Hall–Kier alpha value is -2.07. The van der Waals surface area contributed by atoms with Gasteiger partial charge in [0.15, 0.2) is 6.17 Å². The number of nitrogens with zero attached hydrogens (tertiary/aromatic N) is 2. The van der Waals surface area contributed by atoms with E-state index >= 15 is 4.39 Å². The van der Waals surface area contributed by atoms with E-state index in [0.29, 0.717) is 30.4 Å². The van der Waals surface area contributed by atoms with Gasteiger partial charge in [-0.2, -0.15) is 0 Å². The number of H-pyrrole nitrogens is 1. The molecule has 2 fully saturated rings. The van der Waals surface area contributed by atoms with Crippen molar-refractivity contribution in [1.29, 1.82) is 0 Å². The number of fused-ring (bicyclic) bond motifs is 1. The summed E-state index contributed by atoms with van der Waals surface area (Å²) in [5.74, 6) is -0.271. The monoisotopic (exact) mass is 428 g/mol. The first-order valence-corrected chi connectivity index (χ1v) is 10.3. The number of methoxy groups -OCH3 is 1. The van der Waals surface area contributed by atoms with Gasteiger partial charge >= 0.3 is 5.69 Å². The second-order valence-corrected chi connectivity index (χ2v) is 8.52. The van der Waals surface area contributed by atoms with Crippen LogP contribution in [-0.2, 0) is 4.74 Å². The van der Waals surface area contributed by atoms with Crippen molar-refractivity contribution in [3.05, 3.63) is 31.4 Å². The second-order valence-electron chi connectivity index (χ2n) is 8.52. The van der Waals surface area contributed by atoms with Crippen LogP contribution in [0.25, 0.3) is 11.3 Å². The van der Waals surface area contributed by atoms with Crippen molar-refractivity contribution in [2.75, 3.05) is 20.2 Å². The van der Waals surface area contributed by atoms with E-state index in [-0.39, 0.29) is 29.4 Å². The minimum Gasteiger partial charge on any atom is -0.497 e. The van der Waals surface area contributed by atoms with Crippen molar-refractivity contribution < 1.29 is 17.9 Å². The highest BCUT2D eigenvalue weighted by Gasteiger charge is 2.42. The van der Waals surface area contributed by atoms with Crippen molar-refractivity contribution in [3.63, 3.8) is 0 Å². The maximum absolute atomic E-state index is 15.6. The Kier molecular flexibility index (Phi) is 5.56. The molecule has 4 rings (SSSR count). The number of aromatic amines is 1. The first-order chi connectivity index (χ1) is 14.2. The Morgan fingerprint density at radius 3 is 2.57 bits per heavy atom. The number of aromatic nitrogens is 2. The summed E-state index contributed by atoms with van der Waals surface area (Å²) in [6.07, 6.45) is -2.27. The Balaban J connectivity index is 1.80. The minimum atomic E-state index is -2.48. The lowest BCUT2D eigenvalue weighted by Gasteiger charge is -2.35. The van der Waals surface area contributed by atoms with E-state index in [4.69, 9.17) is 10.5 Å². The molecule has 0 aromatic carbocycles. The van der Waals surface area contributed by atoms with E-state index in [1.807, 2.05) is 4.90 Å². The molecule has 0 amide bonds. The molecule has 0 spiro atoms. The standard InChI is InChI=1S/C20H27F3N4O3/c1-9-16-14(19(28)25-20(29)27(16)11-3-4-11)18(30-2)15(23)17(9)26-6-5-10(8-26)12(24)7-13(21)22/h10-13,15,17H,3-8,24H2,1-2H3,(H,25,28,29). The molecule has 10 heteroatoms. The summed E-state index contributed by atoms with van der Waals surface area (Å²) in [4.78, 5) is 29.3. The third-order valence-corrected chi connectivity index (χ3v) is 6.57. The normalized spacial score (nSPS) is 28.2. The topological polar surface area (TPSA) is 93.3 Å². The number of nitrogens with two attached hydrogens (primary N) is 1. The van der Waals surface area contributed by atoms with Crippen LogP contribution >= 0.6 is 0 Å². The third-order valence-electron chi connectivity index (χ3n) is 6.57. The molecule has 4 atom stereocenters. The average molecular weight is 428 g/mol. The fourth-order valence-corrected chi connectivity index (χ4v) is 4.98. The molecule has 1 saturated carbocycles. The van der Waals surface area contributed by atoms with Crippen LogP contribution in [0.1, 0.15) is 38.6 Å². The van der Waals surface area contributed by atoms with E-state index < -0.39 is 35.9 Å². The molecule has 30 heavy (non-hydrogen) atoms. The molecule has 3 aliphatic rings. The number of likely N-dealkylation sites (tertiary alicyclic amines) is 1. The molecule has 1 aliphatic heterocycles. The maximum atomic E-state index is 15.6. The van der Waals surface area contributed by atoms with Gasteiger partial charge in [-0.1, -0.05) is 0 Å². The predicted octanol–water partition coefficient (Wildman–Crippen LogP) is -0.179. The average Bonchev–Trinajstić information content (AvgIpc) is 3.38. The van der Waals surface area contributed by atoms with E-state index in [1.54, 1.807) is 11.5 Å². The molecular weight excluding hydrogens is 401 g/mol. The van der Waals surface area contributed by atoms with E-state index in [2.05, 4.69) is 4.98 Å². The van der Waals surface area contributed by atoms with Gasteiger partial charge in [0.05, 0.1) is 18.5 Å². The first kappa shape index (κ1) is 21.2. The molecule has 4 unspecified atom stereocenters. The molecule has 1 saturated heterocycles.